The van der Waals surface area contributed by atoms with Crippen molar-refractivity contribution in [2.24, 2.45) is 7.05 Å². The minimum Gasteiger partial charge on any atom is -0.363 e. The van der Waals surface area contributed by atoms with E-state index < -0.39 is 35.4 Å². The molecule has 0 radical (unpaired) electrons. The van der Waals surface area contributed by atoms with Gasteiger partial charge in [0.15, 0.2) is 5.67 Å². The first-order chi connectivity index (χ1) is 26.2. The van der Waals surface area contributed by atoms with Crippen LogP contribution in [-0.4, -0.2) is 84.9 Å². The number of carbonyl (C=O) groups excluding carboxylic acids is 3. The Balaban J connectivity index is 0.872. The normalized spacial score (nSPS) is 21.6. The smallest absolute Gasteiger partial charge is 0.363 e. The Morgan fingerprint density at radius 3 is 2.49 bits per heavy atom. The molecule has 8 rings (SSSR count). The summed E-state index contributed by atoms with van der Waals surface area (Å²) >= 11 is 0. The number of fused-ring (bicyclic) bond motifs is 2. The van der Waals surface area contributed by atoms with Gasteiger partial charge in [0, 0.05) is 43.3 Å². The Hall–Kier alpha value is -5.58. The van der Waals surface area contributed by atoms with Gasteiger partial charge >= 0.3 is 11.9 Å². The molecule has 1 atom stereocenters. The van der Waals surface area contributed by atoms with Crippen LogP contribution in [0.15, 0.2) is 65.6 Å². The average molecular weight is 762 g/mol. The molecular formula is C38H39F4N9O4. The van der Waals surface area contributed by atoms with Crippen molar-refractivity contribution in [1.82, 2.24) is 34.1 Å². The Morgan fingerprint density at radius 2 is 1.76 bits per heavy atom. The van der Waals surface area contributed by atoms with Crippen LogP contribution in [0.3, 0.4) is 0 Å². The number of halogens is 4. The number of aromatic nitrogens is 5. The number of imide groups is 1. The van der Waals surface area contributed by atoms with Crippen LogP contribution in [0.1, 0.15) is 66.8 Å². The molecule has 3 amide bonds. The van der Waals surface area contributed by atoms with Gasteiger partial charge in [-0.05, 0) is 81.6 Å². The van der Waals surface area contributed by atoms with Crippen molar-refractivity contribution >= 4 is 51.0 Å². The van der Waals surface area contributed by atoms with Gasteiger partial charge in [0.1, 0.15) is 17.4 Å². The lowest BCUT2D eigenvalue weighted by molar-refractivity contribution is -0.141. The molecule has 1 aliphatic carbocycles. The molecule has 5 aromatic rings. The summed E-state index contributed by atoms with van der Waals surface area (Å²) in [7, 11) is 3.59. The summed E-state index contributed by atoms with van der Waals surface area (Å²) in [6.45, 7) is 0.561. The highest BCUT2D eigenvalue weighted by Gasteiger charge is 2.46. The zero-order chi connectivity index (χ0) is 38.8. The Kier molecular flexibility index (Phi) is 9.01. The fraction of sp³-hybridized carbons (Fsp3) is 0.421. The van der Waals surface area contributed by atoms with E-state index in [1.54, 1.807) is 37.4 Å². The number of rotatable bonds is 8. The van der Waals surface area contributed by atoms with E-state index in [1.165, 1.54) is 15.2 Å². The van der Waals surface area contributed by atoms with E-state index in [1.807, 2.05) is 28.9 Å². The number of benzene rings is 2. The van der Waals surface area contributed by atoms with Crippen LogP contribution in [0.25, 0.3) is 21.9 Å². The zero-order valence-corrected chi connectivity index (χ0v) is 30.1. The number of carbonyl (C=O) groups is 3. The molecule has 3 fully saturated rings. The molecule has 2 aliphatic heterocycles. The quantitative estimate of drug-likeness (QED) is 0.167. The van der Waals surface area contributed by atoms with Crippen LogP contribution < -0.4 is 21.2 Å². The number of anilines is 2. The van der Waals surface area contributed by atoms with Gasteiger partial charge in [0.25, 0.3) is 5.91 Å². The molecule has 3 aromatic heterocycles. The molecule has 2 N–H and O–H groups in total. The summed E-state index contributed by atoms with van der Waals surface area (Å²) in [4.78, 5) is 57.8. The predicted molar refractivity (Wildman–Crippen MR) is 195 cm³/mol. The summed E-state index contributed by atoms with van der Waals surface area (Å²) in [5, 5.41) is 10.5. The van der Waals surface area contributed by atoms with Gasteiger partial charge in [0.2, 0.25) is 11.8 Å². The van der Waals surface area contributed by atoms with Crippen LogP contribution in [-0.2, 0) is 22.8 Å². The van der Waals surface area contributed by atoms with Gasteiger partial charge in [-0.1, -0.05) is 12.1 Å². The van der Waals surface area contributed by atoms with Gasteiger partial charge in [0.05, 0.1) is 41.4 Å². The monoisotopic (exact) mass is 761 g/mol. The number of alkyl halides is 4. The number of hydrogen-bond donors (Lipinski definition) is 2. The molecule has 288 valence electrons. The molecule has 2 aromatic carbocycles. The highest BCUT2D eigenvalue weighted by atomic mass is 19.4. The third-order valence-corrected chi connectivity index (χ3v) is 11.1. The fourth-order valence-corrected chi connectivity index (χ4v) is 8.37. The average Bonchev–Trinajstić information content (AvgIpc) is 3.68. The molecular weight excluding hydrogens is 722 g/mol. The van der Waals surface area contributed by atoms with Crippen molar-refractivity contribution in [3.05, 3.63) is 82.7 Å². The first-order valence-electron chi connectivity index (χ1n) is 18.2. The zero-order valence-electron chi connectivity index (χ0n) is 30.1. The maximum Gasteiger partial charge on any atom is 0.433 e. The van der Waals surface area contributed by atoms with E-state index in [0.29, 0.717) is 27.9 Å². The third-order valence-electron chi connectivity index (χ3n) is 11.1. The first-order valence-corrected chi connectivity index (χ1v) is 18.2. The van der Waals surface area contributed by atoms with Crippen molar-refractivity contribution in [2.45, 2.75) is 68.5 Å². The number of nitrogens with zero attached hydrogens (tertiary/aromatic N) is 7. The highest BCUT2D eigenvalue weighted by Crippen LogP contribution is 2.38. The van der Waals surface area contributed by atoms with Crippen LogP contribution >= 0.6 is 0 Å². The van der Waals surface area contributed by atoms with Crippen molar-refractivity contribution in [3.8, 4) is 0 Å². The Labute approximate surface area is 311 Å². The van der Waals surface area contributed by atoms with Gasteiger partial charge in [-0.3, -0.25) is 33.5 Å². The Bertz CT molecular complexity index is 2390. The number of piperidine rings is 1. The van der Waals surface area contributed by atoms with Crippen LogP contribution in [0.2, 0.25) is 0 Å². The van der Waals surface area contributed by atoms with Crippen molar-refractivity contribution in [2.75, 3.05) is 36.9 Å². The molecule has 5 heterocycles. The standard InChI is InChI=1S/C38H39F4N9O4/c1-47(19-37(39)20-49(21-37)28-6-4-7-29-33(28)48(2)36(55)51(29)30-15-16-32(52)45-35(30)54)24-10-12-25(13-11-24)50-18-22-17-23(9-14-26(22)46-50)43-34(53)27-5-3-8-31(44-27)38(40,41)42/h3-9,14,17-18,24-25,30H,10-13,15-16,19-21H2,1-2H3,(H,43,53)(H,45,52,54)/t24-,25-,30?. The minimum absolute atomic E-state index is 0.127. The molecule has 13 nitrogen and oxygen atoms in total. The topological polar surface area (TPSA) is 139 Å². The second kappa shape index (κ2) is 13.6. The van der Waals surface area contributed by atoms with E-state index in [-0.39, 0.29) is 61.9 Å². The molecule has 2 saturated heterocycles. The van der Waals surface area contributed by atoms with Gasteiger partial charge in [-0.2, -0.15) is 18.3 Å². The molecule has 0 spiro atoms. The molecule has 55 heavy (non-hydrogen) atoms. The predicted octanol–water partition coefficient (Wildman–Crippen LogP) is 4.98. The van der Waals surface area contributed by atoms with Crippen LogP contribution in [0, 0.1) is 0 Å². The number of pyridine rings is 1. The molecule has 17 heteroatoms. The second-order valence-corrected chi connectivity index (χ2v) is 15.0. The summed E-state index contributed by atoms with van der Waals surface area (Å²) in [5.41, 5.74) is -0.292. The largest absolute Gasteiger partial charge is 0.433 e. The number of aryl methyl sites for hydroxylation is 1. The van der Waals surface area contributed by atoms with Crippen molar-refractivity contribution in [3.63, 3.8) is 0 Å². The molecule has 1 saturated carbocycles. The van der Waals surface area contributed by atoms with Crippen LogP contribution in [0.4, 0.5) is 28.9 Å². The van der Waals surface area contributed by atoms with Gasteiger partial charge < -0.3 is 15.1 Å². The van der Waals surface area contributed by atoms with E-state index in [2.05, 4.69) is 20.5 Å². The first kappa shape index (κ1) is 36.4. The van der Waals surface area contributed by atoms with Gasteiger partial charge in [-0.15, -0.1) is 0 Å². The number of nitrogens with one attached hydrogen (secondary N) is 2. The summed E-state index contributed by atoms with van der Waals surface area (Å²) in [5.74, 6) is -1.62. The summed E-state index contributed by atoms with van der Waals surface area (Å²) < 4.78 is 60.3. The minimum atomic E-state index is -4.66. The van der Waals surface area contributed by atoms with Crippen molar-refractivity contribution in [1.29, 1.82) is 0 Å². The van der Waals surface area contributed by atoms with E-state index in [0.717, 1.165) is 43.2 Å². The summed E-state index contributed by atoms with van der Waals surface area (Å²) in [6, 6.07) is 13.2. The van der Waals surface area contributed by atoms with Crippen LogP contribution in [0.5, 0.6) is 0 Å². The molecule has 3 aliphatic rings. The lowest BCUT2D eigenvalue weighted by atomic mass is 9.88. The lowest BCUT2D eigenvalue weighted by Gasteiger charge is -2.49. The summed E-state index contributed by atoms with van der Waals surface area (Å²) in [6.07, 6.45) is 0.971. The van der Waals surface area contributed by atoms with Crippen molar-refractivity contribution < 1.29 is 31.9 Å². The third kappa shape index (κ3) is 6.85. The fourth-order valence-electron chi connectivity index (χ4n) is 8.37. The second-order valence-electron chi connectivity index (χ2n) is 15.0. The van der Waals surface area contributed by atoms with E-state index >= 15 is 4.39 Å². The van der Waals surface area contributed by atoms with Gasteiger partial charge in [-0.25, -0.2) is 14.2 Å². The Morgan fingerprint density at radius 1 is 1.02 bits per heavy atom. The number of imidazole rings is 1. The highest BCUT2D eigenvalue weighted by molar-refractivity contribution is 6.04. The maximum atomic E-state index is 16.2. The lowest BCUT2D eigenvalue weighted by Crippen LogP contribution is -2.64. The molecule has 1 unspecified atom stereocenters. The number of hydrogen-bond acceptors (Lipinski definition) is 8. The maximum absolute atomic E-state index is 16.2. The SMILES string of the molecule is Cn1c(=O)n(C2CCC(=O)NC2=O)c2cccc(N3CC(F)(CN(C)[C@H]4CC[C@H](n5cc6cc(NC(=O)c7cccc(C(F)(F)F)n7)ccc6n5)CC4)C3)c21. The van der Waals surface area contributed by atoms with E-state index in [4.69, 9.17) is 5.10 Å². The number of para-hydroxylation sites is 1. The van der Waals surface area contributed by atoms with E-state index in [9.17, 15) is 32.3 Å². The molecule has 0 bridgehead atoms. The number of amides is 3.